The molecule has 41 nitrogen and oxygen atoms in total. The van der Waals surface area contributed by atoms with E-state index < -0.39 is 223 Å². The third-order valence-corrected chi connectivity index (χ3v) is 24.6. The number of aromatic nitrogens is 3. The van der Waals surface area contributed by atoms with Gasteiger partial charge >= 0.3 is 0 Å². The van der Waals surface area contributed by atoms with Crippen molar-refractivity contribution in [2.24, 2.45) is 23.1 Å². The fraction of sp³-hybridized carbons (Fsp3) is 0.495. The van der Waals surface area contributed by atoms with Crippen molar-refractivity contribution in [2.75, 3.05) is 72.5 Å². The number of hydrogen-bond acceptors (Lipinski definition) is 21. The lowest BCUT2D eigenvalue weighted by Gasteiger charge is -2.36. The van der Waals surface area contributed by atoms with Gasteiger partial charge in [0.15, 0.2) is 5.96 Å². The standard InChI is InChI=1S/C93H129N23O18S/c1-10-12-31-73-86(128)105-64(30-22-38-99-93(96)97)82(124)111-72(81(123)101-48-77(95)119)51-135-52-79(121)104-68(42-56-24-16-14-17-25-56)89(131)113(7)55(5)80(122)107-70(45-76(94)118)91(133)116-39-23-33-74(116)87(129)106-66(44-61-47-98-53-102-61)84(126)108-67(40-54(3)4)88(130)112(6)49-78(120)103-65(41-57-34-36-59(37-35-57)58-26-18-15-19-27-58)83(125)110-71(50-117)85(127)109-69(43-60-46-100-63-29-21-20-28-62(60)63)90(132)115(9)75(32-13-11-2)92(134)114(73)8/h14-21,24-29,34-37,46-47,53-55,64-75,100,117H,10-13,22-23,30-33,38-45,48-52H2,1-9H3,(H2,94,118)(H2,95,119)(H,98,102)(H,101,123)(H,103,120)(H,104,121)(H,105,128)(H,106,129)(H,107,122)(H,108,126)(H,109,127)(H,110,125)(H,111,124)(H4,96,97,99)/t55-,64-,65-,66-,67-,68-,69-,70-,71-,72-,73-,74-,75-/m0/s1. The number of primary amides is 2. The van der Waals surface area contributed by atoms with Crippen LogP contribution in [-0.2, 0) is 107 Å². The van der Waals surface area contributed by atoms with E-state index >= 15 is 24.0 Å². The zero-order valence-electron chi connectivity index (χ0n) is 77.7. The number of H-pyrrole nitrogens is 2. The Morgan fingerprint density at radius 3 is 1.73 bits per heavy atom. The van der Waals surface area contributed by atoms with E-state index in [1.54, 1.807) is 98.9 Å². The molecule has 0 spiro atoms. The molecule has 21 N–H and O–H groups in total. The number of aliphatic hydroxyl groups is 1. The maximum Gasteiger partial charge on any atom is 0.246 e. The van der Waals surface area contributed by atoms with Crippen molar-refractivity contribution in [1.82, 2.24) is 97.9 Å². The molecule has 0 unspecified atom stereocenters. The zero-order chi connectivity index (χ0) is 98.7. The number of aromatic amines is 2. The number of unbranched alkanes of at least 4 members (excludes halogenated alkanes) is 2. The van der Waals surface area contributed by atoms with Gasteiger partial charge in [0.05, 0.1) is 38.2 Å². The molecule has 0 aliphatic carbocycles. The molecule has 13 atom stereocenters. The second-order valence-electron chi connectivity index (χ2n) is 34.4. The number of fused-ring (bicyclic) bond motifs is 2. The molecule has 0 radical (unpaired) electrons. The number of amides is 17. The lowest BCUT2D eigenvalue weighted by Crippen LogP contribution is -2.61. The van der Waals surface area contributed by atoms with Crippen molar-refractivity contribution < 1.29 is 86.6 Å². The maximum atomic E-state index is 15.7. The van der Waals surface area contributed by atoms with E-state index in [9.17, 15) is 62.6 Å². The van der Waals surface area contributed by atoms with Crippen LogP contribution in [0, 0.1) is 11.3 Å². The highest BCUT2D eigenvalue weighted by atomic mass is 32.2. The Morgan fingerprint density at radius 2 is 1.09 bits per heavy atom. The van der Waals surface area contributed by atoms with Gasteiger partial charge in [0, 0.05) is 102 Å². The molecule has 0 saturated carbocycles. The number of rotatable bonds is 27. The number of benzene rings is 4. The molecule has 17 amide bonds. The predicted octanol–water partition coefficient (Wildman–Crippen LogP) is -0.952. The summed E-state index contributed by atoms with van der Waals surface area (Å²) < 4.78 is 0. The Hall–Kier alpha value is -13.8. The molecule has 730 valence electrons. The average molecular weight is 1890 g/mol. The van der Waals surface area contributed by atoms with Crippen LogP contribution in [0.2, 0.25) is 0 Å². The summed E-state index contributed by atoms with van der Waals surface area (Å²) in [5, 5.41) is 48.9. The quantitative estimate of drug-likeness (QED) is 0.0168. The van der Waals surface area contributed by atoms with E-state index in [-0.39, 0.29) is 89.6 Å². The van der Waals surface area contributed by atoms with Crippen molar-refractivity contribution in [3.8, 4) is 11.1 Å². The molecule has 4 heterocycles. The smallest absolute Gasteiger partial charge is 0.246 e. The molecule has 2 fully saturated rings. The normalized spacial score (nSPS) is 23.2. The van der Waals surface area contributed by atoms with Crippen LogP contribution < -0.4 is 75.7 Å². The Bertz CT molecular complexity index is 5110. The van der Waals surface area contributed by atoms with Gasteiger partial charge in [0.1, 0.15) is 78.5 Å². The van der Waals surface area contributed by atoms with E-state index in [0.717, 1.165) is 47.4 Å². The van der Waals surface area contributed by atoms with Gasteiger partial charge in [0.25, 0.3) is 0 Å². The van der Waals surface area contributed by atoms with Gasteiger partial charge in [-0.2, -0.15) is 0 Å². The molecule has 2 aliphatic heterocycles. The third-order valence-electron chi connectivity index (χ3n) is 23.5. The first-order valence-corrected chi connectivity index (χ1v) is 46.4. The minimum atomic E-state index is -1.85. The summed E-state index contributed by atoms with van der Waals surface area (Å²) in [6, 6.07) is 12.2. The summed E-state index contributed by atoms with van der Waals surface area (Å²) in [6.07, 6.45) is 4.38. The number of nitrogens with two attached hydrogens (primary N) is 3. The predicted molar refractivity (Wildman–Crippen MR) is 503 cm³/mol. The van der Waals surface area contributed by atoms with Crippen LogP contribution in [0.15, 0.2) is 128 Å². The lowest BCUT2D eigenvalue weighted by atomic mass is 9.99. The van der Waals surface area contributed by atoms with Crippen LogP contribution in [0.3, 0.4) is 0 Å². The first-order chi connectivity index (χ1) is 64.4. The molecule has 42 heteroatoms. The maximum absolute atomic E-state index is 15.7. The Kier molecular flexibility index (Phi) is 41.5. The SMILES string of the molecule is CCCC[C@H]1C(=O)N(C)[C@@H](CCCC)C(=O)N[C@@H](CCCNC(=N)N)C(=O)N[C@H](C(=O)NCC(N)=O)CSCC(=O)N[C@@H](Cc2ccccc2)C(=O)N(C)[C@@H](C)C(=O)N[C@@H](CC(N)=O)C(=O)N2CCC[C@H]2C(=O)N[C@@H](Cc2cnc[nH]2)C(=O)N[C@@H](CC(C)C)C(=O)N(C)CC(=O)N[C@@H](Cc2ccc(-c3ccccc3)cc2)C(=O)N[C@@H](CO)C(=O)N[C@@H](Cc2c[nH]c3ccccc23)C(=O)N1C. The average Bonchev–Trinajstić information content (AvgIpc) is 1.80. The Morgan fingerprint density at radius 1 is 0.533 bits per heavy atom. The number of guanidine groups is 1. The molecule has 4 aromatic carbocycles. The van der Waals surface area contributed by atoms with Gasteiger partial charge in [0.2, 0.25) is 100 Å². The molecular weight excluding hydrogens is 1760 g/mol. The zero-order valence-corrected chi connectivity index (χ0v) is 78.5. The molecular formula is C93H129N23O18S. The van der Waals surface area contributed by atoms with E-state index in [4.69, 9.17) is 22.6 Å². The molecule has 2 aliphatic rings. The van der Waals surface area contributed by atoms with E-state index in [0.29, 0.717) is 59.0 Å². The van der Waals surface area contributed by atoms with Crippen molar-refractivity contribution >= 4 is 129 Å². The summed E-state index contributed by atoms with van der Waals surface area (Å²) in [7, 11) is 5.26. The number of aliphatic hydroxyl groups excluding tert-OH is 1. The molecule has 0 bridgehead atoms. The fourth-order valence-corrected chi connectivity index (χ4v) is 16.8. The number of imidazole rings is 1. The second kappa shape index (κ2) is 52.6. The summed E-state index contributed by atoms with van der Waals surface area (Å²) in [6.45, 7) is 5.93. The highest BCUT2D eigenvalue weighted by molar-refractivity contribution is 8.00. The van der Waals surface area contributed by atoms with Gasteiger partial charge < -0.3 is 115 Å². The molecule has 2 saturated heterocycles. The van der Waals surface area contributed by atoms with Gasteiger partial charge in [-0.1, -0.05) is 157 Å². The number of nitrogens with zero attached hydrogens (tertiary/aromatic N) is 6. The van der Waals surface area contributed by atoms with Crippen LogP contribution >= 0.6 is 11.8 Å². The van der Waals surface area contributed by atoms with E-state index in [1.165, 1.54) is 47.6 Å². The molecule has 8 rings (SSSR count). The number of carbonyl (C=O) groups is 17. The molecule has 135 heavy (non-hydrogen) atoms. The van der Waals surface area contributed by atoms with Gasteiger partial charge in [-0.15, -0.1) is 11.8 Å². The first kappa shape index (κ1) is 107. The van der Waals surface area contributed by atoms with Crippen molar-refractivity contribution in [2.45, 2.75) is 216 Å². The number of thioether (sulfide) groups is 1. The fourth-order valence-electron chi connectivity index (χ4n) is 16.0. The topological polar surface area (TPSA) is 605 Å². The monoisotopic (exact) mass is 1890 g/mol. The summed E-state index contributed by atoms with van der Waals surface area (Å²) in [5.41, 5.74) is 21.1. The summed E-state index contributed by atoms with van der Waals surface area (Å²) >= 11 is 0.795. The third kappa shape index (κ3) is 32.0. The molecule has 2 aromatic heterocycles. The van der Waals surface area contributed by atoms with E-state index in [2.05, 4.69) is 73.4 Å². The first-order valence-electron chi connectivity index (χ1n) is 45.3. The van der Waals surface area contributed by atoms with Crippen LogP contribution in [0.1, 0.15) is 134 Å². The van der Waals surface area contributed by atoms with Crippen LogP contribution in [0.5, 0.6) is 0 Å². The number of para-hydroxylation sites is 1. The number of hydrogen-bond donors (Lipinski definition) is 18. The van der Waals surface area contributed by atoms with Crippen LogP contribution in [0.25, 0.3) is 22.0 Å². The molecule has 6 aromatic rings. The lowest BCUT2D eigenvalue weighted by molar-refractivity contribution is -0.149. The minimum absolute atomic E-state index is 0.000510. The summed E-state index contributed by atoms with van der Waals surface area (Å²) in [5.74, 6) is -17.1. The van der Waals surface area contributed by atoms with Gasteiger partial charge in [-0.05, 0) is 91.7 Å². The number of nitrogens with one attached hydrogen (secondary N) is 14. The van der Waals surface area contributed by atoms with Crippen LogP contribution in [0.4, 0.5) is 0 Å². The van der Waals surface area contributed by atoms with Gasteiger partial charge in [-0.3, -0.25) is 86.9 Å². The second-order valence-corrected chi connectivity index (χ2v) is 35.4. The number of carbonyl (C=O) groups excluding carboxylic acids is 17. The largest absolute Gasteiger partial charge is 0.394 e. The number of likely N-dealkylation sites (N-methyl/N-ethyl adjacent to an activating group) is 4. The highest BCUT2D eigenvalue weighted by Gasteiger charge is 2.44. The van der Waals surface area contributed by atoms with Gasteiger partial charge in [-0.25, -0.2) is 4.98 Å². The van der Waals surface area contributed by atoms with Crippen LogP contribution in [-0.4, -0.2) is 302 Å². The Labute approximate surface area is 788 Å². The van der Waals surface area contributed by atoms with Crippen molar-refractivity contribution in [3.05, 3.63) is 150 Å². The van der Waals surface area contributed by atoms with E-state index in [1.807, 2.05) is 44.2 Å². The Balaban J connectivity index is 1.19. The summed E-state index contributed by atoms with van der Waals surface area (Å²) in [4.78, 5) is 264. The minimum Gasteiger partial charge on any atom is -0.394 e. The van der Waals surface area contributed by atoms with Crippen molar-refractivity contribution in [1.29, 1.82) is 5.41 Å². The van der Waals surface area contributed by atoms with Crippen molar-refractivity contribution in [3.63, 3.8) is 0 Å². The highest BCUT2D eigenvalue weighted by Crippen LogP contribution is 2.26.